The summed E-state index contributed by atoms with van der Waals surface area (Å²) in [6.45, 7) is 2.82. The molecule has 0 fully saturated rings. The number of hydrogen-bond donors (Lipinski definition) is 1. The lowest BCUT2D eigenvalue weighted by Crippen LogP contribution is -2.12. The molecular weight excluding hydrogens is 395 g/mol. The fourth-order valence-electron chi connectivity index (χ4n) is 2.37. The molecule has 0 spiro atoms. The summed E-state index contributed by atoms with van der Waals surface area (Å²) in [6.07, 6.45) is -4.52. The molecule has 3 aromatic rings. The first-order chi connectivity index (χ1) is 13.6. The molecule has 28 heavy (non-hydrogen) atoms. The van der Waals surface area contributed by atoms with Crippen LogP contribution in [-0.2, 0) is 17.4 Å². The van der Waals surface area contributed by atoms with Gasteiger partial charge in [-0.15, -0.1) is 0 Å². The van der Waals surface area contributed by atoms with Crippen molar-refractivity contribution in [2.45, 2.75) is 26.4 Å². The molecular formula is C18H14F3N3O3S. The quantitative estimate of drug-likeness (QED) is 0.669. The van der Waals surface area contributed by atoms with Crippen LogP contribution < -0.4 is 5.32 Å². The third-order valence-electron chi connectivity index (χ3n) is 3.62. The zero-order valence-electron chi connectivity index (χ0n) is 15.7. The smallest absolute Gasteiger partial charge is 0.416 e. The first-order valence-electron chi connectivity index (χ1n) is 8.47. The third-order valence-corrected chi connectivity index (χ3v) is 4.29. The molecule has 0 atom stereocenters. The van der Waals surface area contributed by atoms with Crippen molar-refractivity contribution in [1.82, 2.24) is 9.36 Å². The fraction of sp³-hybridized carbons (Fsp3) is 0.222. The first-order valence-corrected chi connectivity index (χ1v) is 8.74. The Balaban J connectivity index is 1.89. The summed E-state index contributed by atoms with van der Waals surface area (Å²) in [5.41, 5.74) is -0.978. The van der Waals surface area contributed by atoms with Gasteiger partial charge in [-0.05, 0) is 32.0 Å². The normalized spacial score (nSPS) is 12.0. The molecule has 2 aromatic heterocycles. The average molecular weight is 410 g/mol. The van der Waals surface area contributed by atoms with Crippen LogP contribution in [0.5, 0.6) is 0 Å². The molecule has 0 aliphatic rings. The van der Waals surface area contributed by atoms with E-state index in [9.17, 15) is 22.8 Å². The van der Waals surface area contributed by atoms with Crippen LogP contribution in [0.3, 0.4) is 0 Å². The van der Waals surface area contributed by atoms with Gasteiger partial charge in [0.25, 0.3) is 5.91 Å². The number of furan rings is 1. The van der Waals surface area contributed by atoms with E-state index >= 15 is 0 Å². The van der Waals surface area contributed by atoms with E-state index in [0.717, 1.165) is 23.7 Å². The highest BCUT2D eigenvalue weighted by atomic mass is 32.1. The van der Waals surface area contributed by atoms with Crippen LogP contribution >= 0.6 is 11.5 Å². The number of rotatable bonds is 5. The van der Waals surface area contributed by atoms with Crippen LogP contribution in [0, 0.1) is 6.92 Å². The van der Waals surface area contributed by atoms with Gasteiger partial charge in [-0.3, -0.25) is 14.9 Å². The van der Waals surface area contributed by atoms with E-state index in [2.05, 4.69) is 14.7 Å². The monoisotopic (exact) mass is 410 g/mol. The average Bonchev–Trinajstić information content (AvgIpc) is 3.17. The van der Waals surface area contributed by atoms with E-state index < -0.39 is 17.6 Å². The van der Waals surface area contributed by atoms with Crippen molar-refractivity contribution in [2.24, 2.45) is 0 Å². The predicted octanol–water partition coefficient (Wildman–Crippen LogP) is 4.51. The molecule has 0 radical (unpaired) electrons. The second kappa shape index (κ2) is 7.55. The zero-order valence-corrected chi connectivity index (χ0v) is 15.5. The molecule has 2 heterocycles. The number of aryl methyl sites for hydroxylation is 1. The van der Waals surface area contributed by atoms with E-state index in [1.807, 2.05) is 0 Å². The number of carbonyl (C=O) groups excluding carboxylic acids is 2. The fourth-order valence-corrected chi connectivity index (χ4v) is 2.96. The van der Waals surface area contributed by atoms with Crippen LogP contribution in [0.4, 0.5) is 18.3 Å². The minimum Gasteiger partial charge on any atom is -0.461 e. The van der Waals surface area contributed by atoms with Gasteiger partial charge in [0, 0.05) is 17.1 Å². The number of nitrogens with zero attached hydrogens (tertiary/aromatic N) is 2. The molecule has 146 valence electrons. The van der Waals surface area contributed by atoms with E-state index in [1.165, 1.54) is 26.0 Å². The van der Waals surface area contributed by atoms with Gasteiger partial charge < -0.3 is 4.42 Å². The highest BCUT2D eigenvalue weighted by molar-refractivity contribution is 7.09. The number of nitrogens with one attached hydrogen (secondary N) is 1. The van der Waals surface area contributed by atoms with Gasteiger partial charge in [0.05, 0.1) is 18.9 Å². The molecule has 0 bridgehead atoms. The van der Waals surface area contributed by atoms with Crippen molar-refractivity contribution in [3.63, 3.8) is 0 Å². The number of carbonyl (C=O) groups is 2. The van der Waals surface area contributed by atoms with Crippen molar-refractivity contribution in [2.75, 3.05) is 5.32 Å². The molecule has 1 aromatic carbocycles. The highest BCUT2D eigenvalue weighted by Crippen LogP contribution is 2.33. The molecule has 0 unspecified atom stereocenters. The maximum absolute atomic E-state index is 12.9. The molecule has 0 saturated carbocycles. The van der Waals surface area contributed by atoms with E-state index in [1.54, 1.807) is 0 Å². The molecule has 1 amide bonds. The Labute approximate surface area is 163 Å². The van der Waals surface area contributed by atoms with Gasteiger partial charge >= 0.3 is 6.18 Å². The Morgan fingerprint density at radius 2 is 2.11 bits per heavy atom. The summed E-state index contributed by atoms with van der Waals surface area (Å²) in [6, 6.07) is 3.99. The van der Waals surface area contributed by atoms with E-state index in [4.69, 9.17) is 5.79 Å². The van der Waals surface area contributed by atoms with Crippen molar-refractivity contribution < 1.29 is 28.5 Å². The highest BCUT2D eigenvalue weighted by Gasteiger charge is 2.30. The number of alkyl halides is 3. The largest absolute Gasteiger partial charge is 0.461 e. The zero-order chi connectivity index (χ0) is 21.3. The Morgan fingerprint density at radius 1 is 1.36 bits per heavy atom. The van der Waals surface area contributed by atoms with Crippen LogP contribution in [0.25, 0.3) is 11.3 Å². The Hall–Kier alpha value is -3.01. The number of Topliss-reactive ketones (excluding diaryl/α,β-unsaturated/α-hetero) is 1. The van der Waals surface area contributed by atoms with Gasteiger partial charge in [-0.2, -0.15) is 17.5 Å². The van der Waals surface area contributed by atoms with E-state index in [0.29, 0.717) is 0 Å². The predicted molar refractivity (Wildman–Crippen MR) is 96.1 cm³/mol. The summed E-state index contributed by atoms with van der Waals surface area (Å²) in [7, 11) is 0. The van der Waals surface area contributed by atoms with E-state index in [-0.39, 0.29) is 51.8 Å². The van der Waals surface area contributed by atoms with Crippen LogP contribution in [-0.4, -0.2) is 21.0 Å². The molecule has 3 rings (SSSR count). The molecule has 0 aliphatic carbocycles. The number of amides is 1. The minimum atomic E-state index is -4.55. The first kappa shape index (κ1) is 18.4. The third kappa shape index (κ3) is 4.45. The van der Waals surface area contributed by atoms with Crippen molar-refractivity contribution in [3.05, 3.63) is 53.0 Å². The van der Waals surface area contributed by atoms with Gasteiger partial charge in [0.1, 0.15) is 17.3 Å². The van der Waals surface area contributed by atoms with Crippen LogP contribution in [0.1, 0.15) is 35.8 Å². The summed E-state index contributed by atoms with van der Waals surface area (Å²) in [5.74, 6) is -0.648. The maximum atomic E-state index is 12.9. The summed E-state index contributed by atoms with van der Waals surface area (Å²) < 4.78 is 56.4. The lowest BCUT2D eigenvalue weighted by atomic mass is 10.1. The number of benzene rings is 1. The number of halogens is 3. The maximum Gasteiger partial charge on any atom is 0.416 e. The van der Waals surface area contributed by atoms with Crippen molar-refractivity contribution in [1.29, 1.82) is 0 Å². The Kier molecular flexibility index (Phi) is 4.95. The van der Waals surface area contributed by atoms with Gasteiger partial charge in [0.15, 0.2) is 5.82 Å². The topological polar surface area (TPSA) is 85.1 Å². The van der Waals surface area contributed by atoms with Gasteiger partial charge in [-0.25, -0.2) is 4.98 Å². The molecule has 6 nitrogen and oxygen atoms in total. The Morgan fingerprint density at radius 3 is 2.79 bits per heavy atom. The summed E-state index contributed by atoms with van der Waals surface area (Å²) in [5, 5.41) is 2.60. The van der Waals surface area contributed by atoms with Crippen LogP contribution in [0.15, 0.2) is 34.7 Å². The summed E-state index contributed by atoms with van der Waals surface area (Å²) >= 11 is 0.872. The SMILES string of the molecule is [2H]c1c(-c2cccc(C(F)(F)F)c2)oc(C)c1C(=O)Nc1nc(CC(C)=O)ns1. The lowest BCUT2D eigenvalue weighted by Gasteiger charge is -2.07. The number of hydrogen-bond acceptors (Lipinski definition) is 6. The second-order valence-corrected chi connectivity index (χ2v) is 6.67. The van der Waals surface area contributed by atoms with Gasteiger partial charge in [0.2, 0.25) is 5.13 Å². The minimum absolute atomic E-state index is 0.0283. The van der Waals surface area contributed by atoms with Gasteiger partial charge in [-0.1, -0.05) is 12.1 Å². The molecule has 10 heteroatoms. The molecule has 1 N–H and O–H groups in total. The number of aromatic nitrogens is 2. The lowest BCUT2D eigenvalue weighted by molar-refractivity contribution is -0.137. The Bertz CT molecular complexity index is 1090. The standard InChI is InChI=1S/C18H14F3N3O3S/c1-9(25)6-15-22-17(28-24-15)23-16(26)13-8-14(27-10(13)2)11-4-3-5-12(7-11)18(19,20)21/h3-5,7-8H,6H2,1-2H3,(H,22,23,24,26)/i8D. The molecule has 0 aliphatic heterocycles. The second-order valence-electron chi connectivity index (χ2n) is 5.91. The number of anilines is 1. The summed E-state index contributed by atoms with van der Waals surface area (Å²) in [4.78, 5) is 27.7. The molecule has 0 saturated heterocycles. The van der Waals surface area contributed by atoms with Crippen molar-refractivity contribution >= 4 is 28.4 Å². The number of ketones is 1. The van der Waals surface area contributed by atoms with Crippen molar-refractivity contribution in [3.8, 4) is 11.3 Å². The van der Waals surface area contributed by atoms with Crippen LogP contribution in [0.2, 0.25) is 0 Å².